The van der Waals surface area contributed by atoms with Crippen LogP contribution in [0.25, 0.3) is 11.3 Å². The smallest absolute Gasteiger partial charge is 0.273 e. The van der Waals surface area contributed by atoms with Crippen molar-refractivity contribution in [1.82, 2.24) is 20.3 Å². The first kappa shape index (κ1) is 23.4. The van der Waals surface area contributed by atoms with E-state index in [4.69, 9.17) is 4.52 Å². The first-order valence-electron chi connectivity index (χ1n) is 11.6. The maximum absolute atomic E-state index is 14.1. The van der Waals surface area contributed by atoms with Gasteiger partial charge >= 0.3 is 0 Å². The quantitative estimate of drug-likeness (QED) is 0.654. The molecule has 9 heteroatoms. The second-order valence-electron chi connectivity index (χ2n) is 8.89. The van der Waals surface area contributed by atoms with Crippen LogP contribution in [0.2, 0.25) is 0 Å². The van der Waals surface area contributed by atoms with E-state index in [-0.39, 0.29) is 34.9 Å². The minimum Gasteiger partial charge on any atom is -0.355 e. The molecule has 0 spiro atoms. The summed E-state index contributed by atoms with van der Waals surface area (Å²) in [5.74, 6) is -1.53. The Hall–Kier alpha value is -2.81. The molecule has 2 aliphatic rings. The summed E-state index contributed by atoms with van der Waals surface area (Å²) in [6.45, 7) is 7.56. The Morgan fingerprint density at radius 3 is 2.61 bits per heavy atom. The number of nitrogens with one attached hydrogen (secondary N) is 1. The first-order chi connectivity index (χ1) is 15.9. The van der Waals surface area contributed by atoms with Crippen molar-refractivity contribution in [1.29, 1.82) is 0 Å². The van der Waals surface area contributed by atoms with Crippen LogP contribution in [0, 0.1) is 23.5 Å². The van der Waals surface area contributed by atoms with Crippen LogP contribution in [-0.2, 0) is 4.79 Å². The average Bonchev–Trinajstić information content (AvgIpc) is 3.47. The fraction of sp³-hybridized carbons (Fsp3) is 0.542. The standard InChI is InChI=1S/C24H30F2N4O3/c1-3-30(4-2)24(32)18-14-29(13-15-5-6-15)10-9-20(18)27-23(31)21-12-22(33-28-21)17-8-7-16(25)11-19(17)26/h7-8,11-12,15,18,20H,3-6,9-10,13-14H2,1-2H3,(H,27,31)/t18-,20-/m0/s1. The van der Waals surface area contributed by atoms with Crippen molar-refractivity contribution >= 4 is 11.8 Å². The second kappa shape index (κ2) is 9.99. The molecular formula is C24H30F2N4O3. The van der Waals surface area contributed by atoms with Crippen LogP contribution in [-0.4, -0.2) is 65.5 Å². The minimum atomic E-state index is -0.800. The van der Waals surface area contributed by atoms with Gasteiger partial charge in [-0.2, -0.15) is 0 Å². The molecule has 1 aliphatic carbocycles. The van der Waals surface area contributed by atoms with Gasteiger partial charge in [0.25, 0.3) is 5.91 Å². The molecule has 2 aromatic rings. The number of carbonyl (C=O) groups is 2. The fourth-order valence-electron chi connectivity index (χ4n) is 4.48. The summed E-state index contributed by atoms with van der Waals surface area (Å²) in [6, 6.07) is 4.09. The van der Waals surface area contributed by atoms with Crippen molar-refractivity contribution in [3.63, 3.8) is 0 Å². The van der Waals surface area contributed by atoms with Crippen LogP contribution < -0.4 is 5.32 Å². The normalized spacial score (nSPS) is 21.1. The van der Waals surface area contributed by atoms with Crippen molar-refractivity contribution in [3.05, 3.63) is 41.6 Å². The highest BCUT2D eigenvalue weighted by atomic mass is 19.1. The molecule has 0 unspecified atom stereocenters. The van der Waals surface area contributed by atoms with E-state index >= 15 is 0 Å². The third-order valence-corrected chi connectivity index (χ3v) is 6.56. The number of amides is 2. The third kappa shape index (κ3) is 5.40. The molecule has 178 valence electrons. The van der Waals surface area contributed by atoms with Crippen LogP contribution in [0.15, 0.2) is 28.8 Å². The summed E-state index contributed by atoms with van der Waals surface area (Å²) in [6.07, 6.45) is 3.15. The summed E-state index contributed by atoms with van der Waals surface area (Å²) in [5, 5.41) is 6.73. The van der Waals surface area contributed by atoms with Crippen LogP contribution in [0.4, 0.5) is 8.78 Å². The van der Waals surface area contributed by atoms with Gasteiger partial charge in [0.2, 0.25) is 5.91 Å². The summed E-state index contributed by atoms with van der Waals surface area (Å²) in [4.78, 5) is 30.3. The second-order valence-corrected chi connectivity index (χ2v) is 8.89. The zero-order valence-corrected chi connectivity index (χ0v) is 19.0. The van der Waals surface area contributed by atoms with Gasteiger partial charge in [-0.05, 0) is 51.2 Å². The molecule has 1 aromatic heterocycles. The molecule has 2 heterocycles. The lowest BCUT2D eigenvalue weighted by molar-refractivity contribution is -0.138. The highest BCUT2D eigenvalue weighted by Gasteiger charge is 2.38. The lowest BCUT2D eigenvalue weighted by atomic mass is 9.90. The number of rotatable bonds is 8. The van der Waals surface area contributed by atoms with Gasteiger partial charge in [0.05, 0.1) is 11.5 Å². The van der Waals surface area contributed by atoms with Crippen LogP contribution >= 0.6 is 0 Å². The Labute approximate surface area is 192 Å². The summed E-state index contributed by atoms with van der Waals surface area (Å²) >= 11 is 0. The van der Waals surface area contributed by atoms with E-state index in [0.29, 0.717) is 26.1 Å². The molecule has 1 saturated carbocycles. The van der Waals surface area contributed by atoms with Gasteiger partial charge in [-0.1, -0.05) is 5.16 Å². The number of hydrogen-bond donors (Lipinski definition) is 1. The maximum atomic E-state index is 14.1. The number of halogens is 2. The summed E-state index contributed by atoms with van der Waals surface area (Å²) < 4.78 is 32.4. The summed E-state index contributed by atoms with van der Waals surface area (Å²) in [7, 11) is 0. The van der Waals surface area contributed by atoms with Crippen molar-refractivity contribution in [2.24, 2.45) is 11.8 Å². The lowest BCUT2D eigenvalue weighted by Gasteiger charge is -2.40. The van der Waals surface area contributed by atoms with Crippen molar-refractivity contribution < 1.29 is 22.9 Å². The van der Waals surface area contributed by atoms with E-state index in [1.165, 1.54) is 25.0 Å². The number of carbonyl (C=O) groups excluding carboxylic acids is 2. The molecule has 2 amide bonds. The highest BCUT2D eigenvalue weighted by Crippen LogP contribution is 2.32. The van der Waals surface area contributed by atoms with Gasteiger partial charge in [0.1, 0.15) is 11.6 Å². The van der Waals surface area contributed by atoms with E-state index in [9.17, 15) is 18.4 Å². The minimum absolute atomic E-state index is 0.0110. The molecule has 1 saturated heterocycles. The van der Waals surface area contributed by atoms with Gasteiger partial charge in [0.15, 0.2) is 11.5 Å². The first-order valence-corrected chi connectivity index (χ1v) is 11.6. The lowest BCUT2D eigenvalue weighted by Crippen LogP contribution is -2.56. The number of aromatic nitrogens is 1. The highest BCUT2D eigenvalue weighted by molar-refractivity contribution is 5.94. The maximum Gasteiger partial charge on any atom is 0.273 e. The number of hydrogen-bond acceptors (Lipinski definition) is 5. The van der Waals surface area contributed by atoms with Crippen LogP contribution in [0.3, 0.4) is 0 Å². The van der Waals surface area contributed by atoms with Gasteiger partial charge in [-0.3, -0.25) is 9.59 Å². The van der Waals surface area contributed by atoms with E-state index in [2.05, 4.69) is 15.4 Å². The Morgan fingerprint density at radius 1 is 1.18 bits per heavy atom. The van der Waals surface area contributed by atoms with E-state index in [1.54, 1.807) is 4.90 Å². The number of nitrogens with zero attached hydrogens (tertiary/aromatic N) is 3. The van der Waals surface area contributed by atoms with Gasteiger partial charge in [-0.25, -0.2) is 8.78 Å². The molecule has 4 rings (SSSR count). The SMILES string of the molecule is CCN(CC)C(=O)[C@H]1CN(CC2CC2)CC[C@@H]1NC(=O)c1cc(-c2ccc(F)cc2F)on1. The largest absolute Gasteiger partial charge is 0.355 e. The molecule has 1 N–H and O–H groups in total. The molecule has 1 aliphatic heterocycles. The van der Waals surface area contributed by atoms with E-state index in [1.807, 2.05) is 13.8 Å². The van der Waals surface area contributed by atoms with E-state index in [0.717, 1.165) is 31.1 Å². The number of benzene rings is 1. The molecule has 2 atom stereocenters. The van der Waals surface area contributed by atoms with Crippen molar-refractivity contribution in [2.45, 2.75) is 39.2 Å². The zero-order valence-electron chi connectivity index (χ0n) is 19.0. The molecular weight excluding hydrogens is 430 g/mol. The average molecular weight is 461 g/mol. The fourth-order valence-corrected chi connectivity index (χ4v) is 4.48. The molecule has 0 radical (unpaired) electrons. The number of likely N-dealkylation sites (tertiary alicyclic amines) is 1. The molecule has 7 nitrogen and oxygen atoms in total. The van der Waals surface area contributed by atoms with Gasteiger partial charge in [0, 0.05) is 50.9 Å². The molecule has 0 bridgehead atoms. The topological polar surface area (TPSA) is 78.7 Å². The number of piperidine rings is 1. The zero-order chi connectivity index (χ0) is 23.5. The van der Waals surface area contributed by atoms with Crippen LogP contribution in [0.5, 0.6) is 0 Å². The Kier molecular flexibility index (Phi) is 7.07. The van der Waals surface area contributed by atoms with Crippen LogP contribution in [0.1, 0.15) is 43.6 Å². The summed E-state index contributed by atoms with van der Waals surface area (Å²) in [5.41, 5.74) is 0.00842. The van der Waals surface area contributed by atoms with Gasteiger partial charge in [-0.15, -0.1) is 0 Å². The Bertz CT molecular complexity index is 1000. The Balaban J connectivity index is 1.48. The Morgan fingerprint density at radius 2 is 1.94 bits per heavy atom. The molecule has 33 heavy (non-hydrogen) atoms. The molecule has 2 fully saturated rings. The third-order valence-electron chi connectivity index (χ3n) is 6.56. The predicted molar refractivity (Wildman–Crippen MR) is 118 cm³/mol. The molecule has 1 aromatic carbocycles. The van der Waals surface area contributed by atoms with Crippen molar-refractivity contribution in [3.8, 4) is 11.3 Å². The van der Waals surface area contributed by atoms with E-state index < -0.39 is 17.5 Å². The monoisotopic (exact) mass is 460 g/mol. The van der Waals surface area contributed by atoms with Gasteiger partial charge < -0.3 is 19.6 Å². The predicted octanol–water partition coefficient (Wildman–Crippen LogP) is 3.32. The van der Waals surface area contributed by atoms with Crippen molar-refractivity contribution in [2.75, 3.05) is 32.7 Å².